The largest absolute Gasteiger partial charge is 0.465 e. The van der Waals surface area contributed by atoms with Crippen LogP contribution in [0.5, 0.6) is 0 Å². The molecule has 3 aliphatic heterocycles. The Morgan fingerprint density at radius 3 is 2.71 bits per heavy atom. The zero-order valence-corrected chi connectivity index (χ0v) is 16.0. The Morgan fingerprint density at radius 2 is 2.04 bits per heavy atom. The molecule has 2 unspecified atom stereocenters. The number of ether oxygens (including phenoxy) is 2. The number of carbonyl (C=O) groups excluding carboxylic acids is 3. The molecule has 28 heavy (non-hydrogen) atoms. The van der Waals surface area contributed by atoms with Crippen LogP contribution in [0.25, 0.3) is 0 Å². The first kappa shape index (κ1) is 18.7. The number of amides is 2. The predicted molar refractivity (Wildman–Crippen MR) is 101 cm³/mol. The Bertz CT molecular complexity index is 834. The number of nitrogens with one attached hydrogen (secondary N) is 1. The van der Waals surface area contributed by atoms with Gasteiger partial charge in [0.15, 0.2) is 0 Å². The third-order valence-corrected chi connectivity index (χ3v) is 5.74. The lowest BCUT2D eigenvalue weighted by atomic mass is 9.77. The fourth-order valence-electron chi connectivity index (χ4n) is 4.42. The summed E-state index contributed by atoms with van der Waals surface area (Å²) in [6.45, 7) is 4.18. The average Bonchev–Trinajstić information content (AvgIpc) is 3.31. The van der Waals surface area contributed by atoms with Crippen LogP contribution in [-0.2, 0) is 30.3 Å². The first-order valence-corrected chi connectivity index (χ1v) is 9.69. The molecule has 0 aliphatic carbocycles. The molecule has 4 atom stereocenters. The van der Waals surface area contributed by atoms with Crippen LogP contribution < -0.4 is 5.32 Å². The minimum absolute atomic E-state index is 0.125. The molecule has 2 bridgehead atoms. The van der Waals surface area contributed by atoms with Crippen LogP contribution in [0, 0.1) is 11.8 Å². The van der Waals surface area contributed by atoms with E-state index in [1.807, 2.05) is 36.4 Å². The highest BCUT2D eigenvalue weighted by Gasteiger charge is 2.66. The normalized spacial score (nSPS) is 29.9. The number of esters is 1. The van der Waals surface area contributed by atoms with Crippen molar-refractivity contribution in [1.82, 2.24) is 4.90 Å². The number of nitrogens with zero attached hydrogens (tertiary/aromatic N) is 1. The maximum atomic E-state index is 13.0. The highest BCUT2D eigenvalue weighted by atomic mass is 16.5. The summed E-state index contributed by atoms with van der Waals surface area (Å²) in [4.78, 5) is 39.2. The number of benzene rings is 1. The molecular formula is C21H24N2O5. The van der Waals surface area contributed by atoms with E-state index in [9.17, 15) is 14.4 Å². The van der Waals surface area contributed by atoms with Crippen molar-refractivity contribution < 1.29 is 23.9 Å². The zero-order chi connectivity index (χ0) is 19.9. The molecule has 1 aromatic carbocycles. The van der Waals surface area contributed by atoms with Crippen LogP contribution in [0.1, 0.15) is 19.4 Å². The standard InChI is InChI=1S/C21H24N2O5/c1-3-13-5-7-14(8-6-13)22-19(25)17-15-9-10-21(28-15)12-23(20(26)18(17)21)11-16(24)27-4-2/h5-10,15,17-18H,3-4,11-12H2,1-2H3,(H,22,25)/t15?,17-,18+,21?/m1/s1. The number of hydrogen-bond donors (Lipinski definition) is 1. The molecule has 7 heteroatoms. The highest BCUT2D eigenvalue weighted by Crippen LogP contribution is 2.52. The Balaban J connectivity index is 1.51. The van der Waals surface area contributed by atoms with Gasteiger partial charge in [0.25, 0.3) is 0 Å². The van der Waals surface area contributed by atoms with Gasteiger partial charge in [0, 0.05) is 5.69 Å². The maximum absolute atomic E-state index is 13.0. The Kier molecular flexibility index (Phi) is 4.71. The van der Waals surface area contributed by atoms with Crippen molar-refractivity contribution in [3.05, 3.63) is 42.0 Å². The number of fused-ring (bicyclic) bond motifs is 1. The molecule has 0 saturated carbocycles. The maximum Gasteiger partial charge on any atom is 0.325 e. The minimum Gasteiger partial charge on any atom is -0.465 e. The monoisotopic (exact) mass is 384 g/mol. The molecule has 1 spiro atoms. The van der Waals surface area contributed by atoms with Crippen molar-refractivity contribution in [2.45, 2.75) is 32.0 Å². The van der Waals surface area contributed by atoms with Gasteiger partial charge >= 0.3 is 5.97 Å². The second kappa shape index (κ2) is 7.05. The highest BCUT2D eigenvalue weighted by molar-refractivity contribution is 5.99. The van der Waals surface area contributed by atoms with Crippen molar-refractivity contribution in [2.24, 2.45) is 11.8 Å². The van der Waals surface area contributed by atoms with Crippen molar-refractivity contribution in [2.75, 3.05) is 25.0 Å². The fraction of sp³-hybridized carbons (Fsp3) is 0.476. The number of likely N-dealkylation sites (tertiary alicyclic amines) is 1. The first-order valence-electron chi connectivity index (χ1n) is 9.69. The summed E-state index contributed by atoms with van der Waals surface area (Å²) in [5, 5.41) is 2.91. The number of aryl methyl sites for hydroxylation is 1. The second-order valence-corrected chi connectivity index (χ2v) is 7.44. The summed E-state index contributed by atoms with van der Waals surface area (Å²) in [7, 11) is 0. The number of rotatable bonds is 6. The topological polar surface area (TPSA) is 84.9 Å². The summed E-state index contributed by atoms with van der Waals surface area (Å²) in [6.07, 6.45) is 4.22. The molecule has 1 N–H and O–H groups in total. The molecule has 7 nitrogen and oxygen atoms in total. The lowest BCUT2D eigenvalue weighted by Crippen LogP contribution is -2.41. The van der Waals surface area contributed by atoms with E-state index >= 15 is 0 Å². The predicted octanol–water partition coefficient (Wildman–Crippen LogP) is 1.53. The van der Waals surface area contributed by atoms with Crippen molar-refractivity contribution in [3.63, 3.8) is 0 Å². The summed E-state index contributed by atoms with van der Waals surface area (Å²) >= 11 is 0. The molecule has 1 aromatic rings. The van der Waals surface area contributed by atoms with Gasteiger partial charge < -0.3 is 19.7 Å². The summed E-state index contributed by atoms with van der Waals surface area (Å²) in [5.74, 6) is -2.16. The van der Waals surface area contributed by atoms with E-state index in [0.29, 0.717) is 5.69 Å². The van der Waals surface area contributed by atoms with E-state index < -0.39 is 29.5 Å². The summed E-state index contributed by atoms with van der Waals surface area (Å²) < 4.78 is 11.0. The van der Waals surface area contributed by atoms with Crippen LogP contribution in [0.3, 0.4) is 0 Å². The van der Waals surface area contributed by atoms with E-state index in [0.717, 1.165) is 6.42 Å². The van der Waals surface area contributed by atoms with Gasteiger partial charge in [-0.25, -0.2) is 0 Å². The Labute approximate surface area is 163 Å². The lowest BCUT2D eigenvalue weighted by Gasteiger charge is -2.23. The molecule has 148 valence electrons. The quantitative estimate of drug-likeness (QED) is 0.594. The average molecular weight is 384 g/mol. The van der Waals surface area contributed by atoms with Gasteiger partial charge in [-0.15, -0.1) is 0 Å². The Morgan fingerprint density at radius 1 is 1.29 bits per heavy atom. The van der Waals surface area contributed by atoms with Gasteiger partial charge in [-0.2, -0.15) is 0 Å². The van der Waals surface area contributed by atoms with E-state index in [2.05, 4.69) is 12.2 Å². The van der Waals surface area contributed by atoms with Crippen LogP contribution in [-0.4, -0.2) is 54.1 Å². The van der Waals surface area contributed by atoms with E-state index in [-0.39, 0.29) is 31.5 Å². The molecule has 3 aliphatic rings. The van der Waals surface area contributed by atoms with E-state index in [1.54, 1.807) is 6.92 Å². The smallest absolute Gasteiger partial charge is 0.325 e. The third-order valence-electron chi connectivity index (χ3n) is 5.74. The SMILES string of the molecule is CCOC(=O)CN1CC23C=CC(O2)[C@@H](C(=O)Nc2ccc(CC)cc2)[C@H]3C1=O. The van der Waals surface area contributed by atoms with Crippen molar-refractivity contribution in [1.29, 1.82) is 0 Å². The van der Waals surface area contributed by atoms with Crippen LogP contribution in [0.2, 0.25) is 0 Å². The van der Waals surface area contributed by atoms with Crippen LogP contribution in [0.4, 0.5) is 5.69 Å². The van der Waals surface area contributed by atoms with Crippen molar-refractivity contribution >= 4 is 23.5 Å². The van der Waals surface area contributed by atoms with Gasteiger partial charge in [-0.05, 0) is 31.0 Å². The third kappa shape index (κ3) is 2.99. The zero-order valence-electron chi connectivity index (χ0n) is 16.0. The fourth-order valence-corrected chi connectivity index (χ4v) is 4.42. The van der Waals surface area contributed by atoms with E-state index in [1.165, 1.54) is 10.5 Å². The van der Waals surface area contributed by atoms with Gasteiger partial charge in [0.1, 0.15) is 12.1 Å². The Hall–Kier alpha value is -2.67. The van der Waals surface area contributed by atoms with Gasteiger partial charge in [-0.1, -0.05) is 31.2 Å². The second-order valence-electron chi connectivity index (χ2n) is 7.44. The van der Waals surface area contributed by atoms with Gasteiger partial charge in [0.2, 0.25) is 11.8 Å². The van der Waals surface area contributed by atoms with Crippen LogP contribution in [0.15, 0.2) is 36.4 Å². The summed E-state index contributed by atoms with van der Waals surface area (Å²) in [5.41, 5.74) is 1.04. The molecule has 0 radical (unpaired) electrons. The van der Waals surface area contributed by atoms with Gasteiger partial charge in [0.05, 0.1) is 31.1 Å². The molecule has 2 fully saturated rings. The van der Waals surface area contributed by atoms with E-state index in [4.69, 9.17) is 9.47 Å². The van der Waals surface area contributed by atoms with Crippen molar-refractivity contribution in [3.8, 4) is 0 Å². The summed E-state index contributed by atoms with van der Waals surface area (Å²) in [6, 6.07) is 7.66. The molecule has 4 rings (SSSR count). The molecule has 0 aromatic heterocycles. The lowest BCUT2D eigenvalue weighted by molar-refractivity contribution is -0.148. The number of hydrogen-bond acceptors (Lipinski definition) is 5. The number of anilines is 1. The molecule has 2 amide bonds. The molecule has 2 saturated heterocycles. The molecular weight excluding hydrogens is 360 g/mol. The first-order chi connectivity index (χ1) is 13.5. The van der Waals surface area contributed by atoms with Gasteiger partial charge in [-0.3, -0.25) is 14.4 Å². The molecule has 3 heterocycles. The van der Waals surface area contributed by atoms with Crippen LogP contribution >= 0.6 is 0 Å². The minimum atomic E-state index is -0.831. The number of carbonyl (C=O) groups is 3.